The van der Waals surface area contributed by atoms with Crippen LogP contribution in [0.2, 0.25) is 5.02 Å². The summed E-state index contributed by atoms with van der Waals surface area (Å²) in [7, 11) is 1.48. The van der Waals surface area contributed by atoms with E-state index in [1.54, 1.807) is 48.5 Å². The summed E-state index contributed by atoms with van der Waals surface area (Å²) >= 11 is 6.93. The van der Waals surface area contributed by atoms with Gasteiger partial charge in [0.1, 0.15) is 12.4 Å². The fourth-order valence-corrected chi connectivity index (χ4v) is 4.82. The Labute approximate surface area is 235 Å². The van der Waals surface area contributed by atoms with Crippen LogP contribution in [0.1, 0.15) is 16.7 Å². The molecule has 39 heavy (non-hydrogen) atoms. The highest BCUT2D eigenvalue weighted by Gasteiger charge is 2.34. The maximum Gasteiger partial charge on any atom is 0.293 e. The number of carbonyl (C=O) groups is 3. The second kappa shape index (κ2) is 12.7. The van der Waals surface area contributed by atoms with E-state index in [2.05, 4.69) is 5.32 Å². The standard InChI is InChI=1S/C29H27ClN2O6S/c1-18-7-6-9-22(19(18)2)31-27(33)17-38-24-12-11-20(15-25(24)36-3)16-26-28(34)32(29(35)39-26)13-14-37-23-10-5-4-8-21(23)30/h4-12,15-16H,13-14,17H2,1-3H3,(H,31,33)/b26-16-. The zero-order valence-electron chi connectivity index (χ0n) is 21.7. The number of thioether (sulfide) groups is 1. The molecule has 0 bridgehead atoms. The number of rotatable bonds is 10. The third-order valence-electron chi connectivity index (χ3n) is 6.01. The summed E-state index contributed by atoms with van der Waals surface area (Å²) in [5, 5.41) is 2.93. The predicted molar refractivity (Wildman–Crippen MR) is 153 cm³/mol. The van der Waals surface area contributed by atoms with Crippen molar-refractivity contribution in [1.29, 1.82) is 0 Å². The van der Waals surface area contributed by atoms with Crippen LogP contribution in [0.5, 0.6) is 17.2 Å². The number of ether oxygens (including phenoxy) is 3. The van der Waals surface area contributed by atoms with Gasteiger partial charge < -0.3 is 19.5 Å². The number of hydrogen-bond donors (Lipinski definition) is 1. The Kier molecular flexibility index (Phi) is 9.16. The first kappa shape index (κ1) is 28.1. The van der Waals surface area contributed by atoms with Gasteiger partial charge in [-0.1, -0.05) is 41.9 Å². The molecule has 1 aliphatic rings. The lowest BCUT2D eigenvalue weighted by atomic mass is 10.1. The van der Waals surface area contributed by atoms with Crippen LogP contribution in [-0.4, -0.2) is 48.8 Å². The summed E-state index contributed by atoms with van der Waals surface area (Å²) in [6.45, 7) is 3.92. The van der Waals surface area contributed by atoms with Crippen LogP contribution in [-0.2, 0) is 9.59 Å². The minimum Gasteiger partial charge on any atom is -0.493 e. The summed E-state index contributed by atoms with van der Waals surface area (Å²) in [6.07, 6.45) is 1.61. The number of para-hydroxylation sites is 1. The smallest absolute Gasteiger partial charge is 0.293 e. The average molecular weight is 567 g/mol. The second-order valence-electron chi connectivity index (χ2n) is 8.61. The van der Waals surface area contributed by atoms with Crippen LogP contribution in [0.4, 0.5) is 10.5 Å². The number of amides is 3. The van der Waals surface area contributed by atoms with Crippen molar-refractivity contribution in [3.63, 3.8) is 0 Å². The van der Waals surface area contributed by atoms with Gasteiger partial charge in [-0.3, -0.25) is 19.3 Å². The number of nitrogens with zero attached hydrogens (tertiary/aromatic N) is 1. The van der Waals surface area contributed by atoms with Crippen molar-refractivity contribution in [2.24, 2.45) is 0 Å². The van der Waals surface area contributed by atoms with E-state index >= 15 is 0 Å². The maximum absolute atomic E-state index is 12.9. The number of imide groups is 1. The number of carbonyl (C=O) groups excluding carboxylic acids is 3. The lowest BCUT2D eigenvalue weighted by Gasteiger charge is -2.14. The molecule has 3 aromatic carbocycles. The van der Waals surface area contributed by atoms with Gasteiger partial charge in [-0.05, 0) is 78.7 Å². The first-order chi connectivity index (χ1) is 18.8. The third-order valence-corrected chi connectivity index (χ3v) is 7.23. The summed E-state index contributed by atoms with van der Waals surface area (Å²) in [4.78, 5) is 39.2. The number of hydrogen-bond acceptors (Lipinski definition) is 7. The molecule has 1 aliphatic heterocycles. The van der Waals surface area contributed by atoms with Crippen molar-refractivity contribution in [2.45, 2.75) is 13.8 Å². The molecule has 1 saturated heterocycles. The van der Waals surface area contributed by atoms with E-state index in [1.165, 1.54) is 7.11 Å². The zero-order chi connectivity index (χ0) is 27.9. The highest BCUT2D eigenvalue weighted by Crippen LogP contribution is 2.34. The maximum atomic E-state index is 12.9. The Bertz CT molecular complexity index is 1440. The van der Waals surface area contributed by atoms with Gasteiger partial charge in [0.05, 0.1) is 23.6 Å². The Morgan fingerprint density at radius 1 is 1.00 bits per heavy atom. The van der Waals surface area contributed by atoms with Crippen LogP contribution < -0.4 is 19.5 Å². The molecule has 8 nitrogen and oxygen atoms in total. The third kappa shape index (κ3) is 6.93. The Morgan fingerprint density at radius 2 is 1.79 bits per heavy atom. The molecule has 0 atom stereocenters. The number of anilines is 1. The topological polar surface area (TPSA) is 94.2 Å². The van der Waals surface area contributed by atoms with E-state index in [1.807, 2.05) is 32.0 Å². The fraction of sp³-hybridized carbons (Fsp3) is 0.207. The summed E-state index contributed by atoms with van der Waals surface area (Å²) in [5.41, 5.74) is 3.44. The largest absolute Gasteiger partial charge is 0.493 e. The quantitative estimate of drug-likeness (QED) is 0.296. The molecule has 0 saturated carbocycles. The first-order valence-corrected chi connectivity index (χ1v) is 13.3. The van der Waals surface area contributed by atoms with Gasteiger partial charge in [0.25, 0.3) is 17.1 Å². The molecule has 3 amide bonds. The molecule has 1 N–H and O–H groups in total. The van der Waals surface area contributed by atoms with Crippen molar-refractivity contribution in [2.75, 3.05) is 32.2 Å². The number of nitrogens with one attached hydrogen (secondary N) is 1. The second-order valence-corrected chi connectivity index (χ2v) is 10.0. The van der Waals surface area contributed by atoms with Crippen LogP contribution in [0.3, 0.4) is 0 Å². The van der Waals surface area contributed by atoms with Gasteiger partial charge in [0.15, 0.2) is 18.1 Å². The van der Waals surface area contributed by atoms with Gasteiger partial charge in [0, 0.05) is 5.69 Å². The number of benzene rings is 3. The molecule has 202 valence electrons. The lowest BCUT2D eigenvalue weighted by Crippen LogP contribution is -2.32. The average Bonchev–Trinajstić information content (AvgIpc) is 3.18. The normalized spacial score (nSPS) is 14.1. The summed E-state index contributed by atoms with van der Waals surface area (Å²) in [5.74, 6) is 0.530. The van der Waals surface area contributed by atoms with Crippen LogP contribution in [0, 0.1) is 13.8 Å². The molecule has 3 aromatic rings. The van der Waals surface area contributed by atoms with Gasteiger partial charge in [-0.15, -0.1) is 0 Å². The van der Waals surface area contributed by atoms with Crippen LogP contribution in [0.25, 0.3) is 6.08 Å². The number of methoxy groups -OCH3 is 1. The first-order valence-electron chi connectivity index (χ1n) is 12.1. The summed E-state index contributed by atoms with van der Waals surface area (Å²) in [6, 6.07) is 17.7. The van der Waals surface area contributed by atoms with Crippen molar-refractivity contribution in [1.82, 2.24) is 4.90 Å². The SMILES string of the molecule is COc1cc(/C=C2\SC(=O)N(CCOc3ccccc3Cl)C2=O)ccc1OCC(=O)Nc1cccc(C)c1C. The molecule has 0 aromatic heterocycles. The Hall–Kier alpha value is -3.95. The molecular weight excluding hydrogens is 540 g/mol. The molecular formula is C29H27ClN2O6S. The van der Waals surface area contributed by atoms with Crippen molar-refractivity contribution >= 4 is 52.2 Å². The van der Waals surface area contributed by atoms with E-state index in [0.29, 0.717) is 27.8 Å². The summed E-state index contributed by atoms with van der Waals surface area (Å²) < 4.78 is 16.7. The highest BCUT2D eigenvalue weighted by atomic mass is 35.5. The van der Waals surface area contributed by atoms with Crippen LogP contribution in [0.15, 0.2) is 65.6 Å². The number of aryl methyl sites for hydroxylation is 1. The van der Waals surface area contributed by atoms with Gasteiger partial charge >= 0.3 is 0 Å². The molecule has 1 heterocycles. The van der Waals surface area contributed by atoms with Gasteiger partial charge in [0.2, 0.25) is 0 Å². The predicted octanol–water partition coefficient (Wildman–Crippen LogP) is 6.10. The lowest BCUT2D eigenvalue weighted by molar-refractivity contribution is -0.123. The van der Waals surface area contributed by atoms with E-state index in [4.69, 9.17) is 25.8 Å². The molecule has 0 radical (unpaired) electrons. The van der Waals surface area contributed by atoms with E-state index in [9.17, 15) is 14.4 Å². The monoisotopic (exact) mass is 566 g/mol. The molecule has 0 aliphatic carbocycles. The van der Waals surface area contributed by atoms with E-state index in [0.717, 1.165) is 33.5 Å². The molecule has 10 heteroatoms. The van der Waals surface area contributed by atoms with Crippen molar-refractivity contribution < 1.29 is 28.6 Å². The van der Waals surface area contributed by atoms with Crippen molar-refractivity contribution in [3.8, 4) is 17.2 Å². The van der Waals surface area contributed by atoms with Crippen molar-refractivity contribution in [3.05, 3.63) is 87.3 Å². The van der Waals surface area contributed by atoms with E-state index < -0.39 is 5.91 Å². The van der Waals surface area contributed by atoms with Crippen LogP contribution >= 0.6 is 23.4 Å². The van der Waals surface area contributed by atoms with Gasteiger partial charge in [-0.25, -0.2) is 0 Å². The molecule has 0 unspecified atom stereocenters. The number of halogens is 1. The zero-order valence-corrected chi connectivity index (χ0v) is 23.2. The Balaban J connectivity index is 1.36. The minimum atomic E-state index is -0.407. The minimum absolute atomic E-state index is 0.0907. The molecule has 4 rings (SSSR count). The van der Waals surface area contributed by atoms with E-state index in [-0.39, 0.29) is 35.8 Å². The fourth-order valence-electron chi connectivity index (χ4n) is 3.76. The Morgan fingerprint density at radius 3 is 2.56 bits per heavy atom. The highest BCUT2D eigenvalue weighted by molar-refractivity contribution is 8.18. The molecule has 1 fully saturated rings. The van der Waals surface area contributed by atoms with Gasteiger partial charge in [-0.2, -0.15) is 0 Å². The molecule has 0 spiro atoms.